The molecule has 0 aromatic rings. The number of nitrogens with zero attached hydrogens (tertiary/aromatic N) is 1. The fourth-order valence-electron chi connectivity index (χ4n) is 4.72. The van der Waals surface area contributed by atoms with Gasteiger partial charge >= 0.3 is 6.03 Å². The maximum Gasteiger partial charge on any atom is 0.317 e. The summed E-state index contributed by atoms with van der Waals surface area (Å²) in [6, 6.07) is 0.580. The lowest BCUT2D eigenvalue weighted by Crippen LogP contribution is -2.68. The molecular weight excluding hydrogens is 342 g/mol. The lowest BCUT2D eigenvalue weighted by molar-refractivity contribution is 0.151. The van der Waals surface area contributed by atoms with Crippen LogP contribution in [0, 0.1) is 11.8 Å². The Kier molecular flexibility index (Phi) is 7.72. The third-order valence-corrected chi connectivity index (χ3v) is 6.21. The van der Waals surface area contributed by atoms with Gasteiger partial charge in [-0.1, -0.05) is 0 Å². The number of piperidine rings is 1. The van der Waals surface area contributed by atoms with Crippen molar-refractivity contribution in [1.29, 1.82) is 0 Å². The van der Waals surface area contributed by atoms with Crippen LogP contribution in [0.25, 0.3) is 0 Å². The SMILES string of the molecule is CC1CC(NCCN(C)C)NC(NC(=O)NC2CCC3CNCCC3C2)N1. The van der Waals surface area contributed by atoms with Crippen molar-refractivity contribution < 1.29 is 4.79 Å². The number of fused-ring (bicyclic) bond motifs is 1. The van der Waals surface area contributed by atoms with Gasteiger partial charge < -0.3 is 26.2 Å². The molecule has 6 atom stereocenters. The summed E-state index contributed by atoms with van der Waals surface area (Å²) in [5.74, 6) is 1.57. The Labute approximate surface area is 164 Å². The molecule has 1 aliphatic carbocycles. The molecule has 1 saturated carbocycles. The van der Waals surface area contributed by atoms with E-state index in [1.165, 1.54) is 12.8 Å². The molecule has 156 valence electrons. The van der Waals surface area contributed by atoms with Crippen LogP contribution in [0.4, 0.5) is 4.79 Å². The first-order valence-corrected chi connectivity index (χ1v) is 10.7. The topological polar surface area (TPSA) is 92.5 Å². The average Bonchev–Trinajstić information content (AvgIpc) is 2.60. The molecule has 3 fully saturated rings. The fourth-order valence-corrected chi connectivity index (χ4v) is 4.72. The summed E-state index contributed by atoms with van der Waals surface area (Å²) in [6.07, 6.45) is 5.67. The third kappa shape index (κ3) is 6.57. The zero-order valence-corrected chi connectivity index (χ0v) is 17.2. The van der Waals surface area contributed by atoms with Crippen LogP contribution in [0.5, 0.6) is 0 Å². The first-order chi connectivity index (χ1) is 13.0. The first-order valence-electron chi connectivity index (χ1n) is 10.7. The summed E-state index contributed by atoms with van der Waals surface area (Å²) in [5.41, 5.74) is 0. The summed E-state index contributed by atoms with van der Waals surface area (Å²) in [5, 5.41) is 20.2. The van der Waals surface area contributed by atoms with E-state index in [0.29, 0.717) is 12.1 Å². The van der Waals surface area contributed by atoms with Crippen molar-refractivity contribution in [3.05, 3.63) is 0 Å². The molecule has 8 nitrogen and oxygen atoms in total. The van der Waals surface area contributed by atoms with Crippen LogP contribution in [0.3, 0.4) is 0 Å². The van der Waals surface area contributed by atoms with Crippen molar-refractivity contribution in [3.63, 3.8) is 0 Å². The number of carbonyl (C=O) groups is 1. The summed E-state index contributed by atoms with van der Waals surface area (Å²) >= 11 is 0. The van der Waals surface area contributed by atoms with E-state index < -0.39 is 0 Å². The second-order valence-electron chi connectivity index (χ2n) is 8.85. The van der Waals surface area contributed by atoms with Crippen LogP contribution in [0.2, 0.25) is 0 Å². The van der Waals surface area contributed by atoms with Gasteiger partial charge in [0.1, 0.15) is 6.29 Å². The molecular formula is C19H39N7O. The predicted octanol–water partition coefficient (Wildman–Crippen LogP) is -0.204. The third-order valence-electron chi connectivity index (χ3n) is 6.21. The van der Waals surface area contributed by atoms with Gasteiger partial charge in [0.15, 0.2) is 0 Å². The molecule has 8 heteroatoms. The van der Waals surface area contributed by atoms with Gasteiger partial charge in [0.2, 0.25) is 0 Å². The number of urea groups is 1. The Morgan fingerprint density at radius 2 is 1.93 bits per heavy atom. The van der Waals surface area contributed by atoms with Crippen LogP contribution >= 0.6 is 0 Å². The Morgan fingerprint density at radius 1 is 1.07 bits per heavy atom. The summed E-state index contributed by atoms with van der Waals surface area (Å²) in [7, 11) is 4.15. The molecule has 6 N–H and O–H groups in total. The van der Waals surface area contributed by atoms with Gasteiger partial charge in [0.05, 0.1) is 6.17 Å². The number of nitrogens with one attached hydrogen (secondary N) is 6. The summed E-state index contributed by atoms with van der Waals surface area (Å²) < 4.78 is 0. The number of hydrogen-bond donors (Lipinski definition) is 6. The minimum Gasteiger partial charge on any atom is -0.335 e. The quantitative estimate of drug-likeness (QED) is 0.382. The predicted molar refractivity (Wildman–Crippen MR) is 108 cm³/mol. The molecule has 2 amide bonds. The monoisotopic (exact) mass is 381 g/mol. The molecule has 6 unspecified atom stereocenters. The van der Waals surface area contributed by atoms with E-state index in [-0.39, 0.29) is 18.5 Å². The maximum absolute atomic E-state index is 12.5. The van der Waals surface area contributed by atoms with E-state index in [4.69, 9.17) is 0 Å². The molecule has 2 heterocycles. The van der Waals surface area contributed by atoms with Crippen molar-refractivity contribution in [2.75, 3.05) is 40.3 Å². The van der Waals surface area contributed by atoms with E-state index >= 15 is 0 Å². The average molecular weight is 382 g/mol. The molecule has 3 rings (SSSR count). The van der Waals surface area contributed by atoms with Crippen molar-refractivity contribution in [3.8, 4) is 0 Å². The maximum atomic E-state index is 12.5. The van der Waals surface area contributed by atoms with Crippen molar-refractivity contribution in [2.24, 2.45) is 11.8 Å². The Morgan fingerprint density at radius 3 is 2.74 bits per heavy atom. The zero-order valence-electron chi connectivity index (χ0n) is 17.2. The lowest BCUT2D eigenvalue weighted by Gasteiger charge is -2.40. The molecule has 0 radical (unpaired) electrons. The van der Waals surface area contributed by atoms with E-state index in [0.717, 1.165) is 57.3 Å². The number of hydrogen-bond acceptors (Lipinski definition) is 6. The van der Waals surface area contributed by atoms with Crippen LogP contribution in [-0.4, -0.2) is 75.7 Å². The van der Waals surface area contributed by atoms with Gasteiger partial charge in [-0.05, 0) is 78.0 Å². The molecule has 2 saturated heterocycles. The van der Waals surface area contributed by atoms with Crippen LogP contribution in [0.1, 0.15) is 39.0 Å². The molecule has 0 spiro atoms. The first kappa shape index (κ1) is 20.8. The number of amides is 2. The Hall–Kier alpha value is -0.930. The van der Waals surface area contributed by atoms with E-state index in [1.54, 1.807) is 0 Å². The Balaban J connectivity index is 1.40. The van der Waals surface area contributed by atoms with Gasteiger partial charge in [0.25, 0.3) is 0 Å². The Bertz CT molecular complexity index is 475. The number of carbonyl (C=O) groups excluding carboxylic acids is 1. The summed E-state index contributed by atoms with van der Waals surface area (Å²) in [4.78, 5) is 14.7. The minimum atomic E-state index is -0.208. The highest BCUT2D eigenvalue weighted by Crippen LogP contribution is 2.33. The van der Waals surface area contributed by atoms with Gasteiger partial charge in [0, 0.05) is 25.2 Å². The van der Waals surface area contributed by atoms with Crippen LogP contribution in [0.15, 0.2) is 0 Å². The zero-order chi connectivity index (χ0) is 19.2. The van der Waals surface area contributed by atoms with Crippen LogP contribution in [-0.2, 0) is 0 Å². The van der Waals surface area contributed by atoms with E-state index in [1.807, 2.05) is 0 Å². The molecule has 27 heavy (non-hydrogen) atoms. The van der Waals surface area contributed by atoms with Gasteiger partial charge in [-0.2, -0.15) is 0 Å². The fraction of sp³-hybridized carbons (Fsp3) is 0.947. The lowest BCUT2D eigenvalue weighted by atomic mass is 9.73. The van der Waals surface area contributed by atoms with Gasteiger partial charge in [-0.15, -0.1) is 0 Å². The molecule has 3 aliphatic rings. The summed E-state index contributed by atoms with van der Waals surface area (Å²) in [6.45, 7) is 6.36. The number of rotatable bonds is 6. The van der Waals surface area contributed by atoms with Gasteiger partial charge in [-0.25, -0.2) is 4.79 Å². The normalized spacial score (nSPS) is 36.9. The molecule has 0 aromatic heterocycles. The smallest absolute Gasteiger partial charge is 0.317 e. The van der Waals surface area contributed by atoms with E-state index in [2.05, 4.69) is 57.8 Å². The van der Waals surface area contributed by atoms with Crippen molar-refractivity contribution in [2.45, 2.75) is 63.6 Å². The van der Waals surface area contributed by atoms with Crippen molar-refractivity contribution in [1.82, 2.24) is 36.8 Å². The highest BCUT2D eigenvalue weighted by atomic mass is 16.2. The molecule has 0 aromatic carbocycles. The van der Waals surface area contributed by atoms with Crippen LogP contribution < -0.4 is 31.9 Å². The second-order valence-corrected chi connectivity index (χ2v) is 8.85. The van der Waals surface area contributed by atoms with E-state index in [9.17, 15) is 4.79 Å². The number of likely N-dealkylation sites (N-methyl/N-ethyl adjacent to an activating group) is 1. The second kappa shape index (κ2) is 10.0. The highest BCUT2D eigenvalue weighted by Gasteiger charge is 2.33. The molecule has 2 aliphatic heterocycles. The minimum absolute atomic E-state index is 0.0708. The highest BCUT2D eigenvalue weighted by molar-refractivity contribution is 5.74. The largest absolute Gasteiger partial charge is 0.335 e. The molecule has 0 bridgehead atoms. The van der Waals surface area contributed by atoms with Gasteiger partial charge in [-0.3, -0.25) is 10.6 Å². The van der Waals surface area contributed by atoms with Crippen molar-refractivity contribution >= 4 is 6.03 Å². The standard InChI is InChI=1S/C19H39N7O/c1-13-10-17(21-8-9-26(2)3)24-18(22-13)25-19(27)23-16-5-4-15-12-20-7-6-14(15)11-16/h13-18,20-22,24H,4-12H2,1-3H3,(H2,23,25,27).